The molecule has 0 unspecified atom stereocenters. The number of nitrogens with one attached hydrogen (secondary N) is 2. The molecule has 1 amide bonds. The maximum atomic E-state index is 12.2. The van der Waals surface area contributed by atoms with E-state index in [-0.39, 0.29) is 12.7 Å². The van der Waals surface area contributed by atoms with Crippen molar-refractivity contribution in [2.45, 2.75) is 6.54 Å². The van der Waals surface area contributed by atoms with E-state index in [2.05, 4.69) is 20.8 Å². The van der Waals surface area contributed by atoms with E-state index in [0.717, 1.165) is 17.1 Å². The number of amides is 1. The van der Waals surface area contributed by atoms with Gasteiger partial charge < -0.3 is 14.8 Å². The van der Waals surface area contributed by atoms with Gasteiger partial charge in [-0.15, -0.1) is 10.2 Å². The lowest BCUT2D eigenvalue weighted by Gasteiger charge is -2.03. The number of anilines is 2. The van der Waals surface area contributed by atoms with Gasteiger partial charge in [0.15, 0.2) is 11.5 Å². The molecule has 0 fully saturated rings. The Morgan fingerprint density at radius 3 is 2.70 bits per heavy atom. The van der Waals surface area contributed by atoms with E-state index < -0.39 is 0 Å². The Balaban J connectivity index is 1.35. The quantitative estimate of drug-likeness (QED) is 0.701. The van der Waals surface area contributed by atoms with E-state index in [4.69, 9.17) is 14.7 Å². The third-order valence-electron chi connectivity index (χ3n) is 3.80. The molecule has 0 bridgehead atoms. The molecule has 3 aromatic rings. The van der Waals surface area contributed by atoms with Crippen LogP contribution < -0.4 is 20.1 Å². The normalized spacial score (nSPS) is 11.7. The maximum Gasteiger partial charge on any atom is 0.257 e. The molecule has 134 valence electrons. The zero-order valence-electron chi connectivity index (χ0n) is 13.9. The molecule has 1 aromatic heterocycles. The SMILES string of the molecule is N#Cc1ccc(C(=O)Nc2nnc(NCc3ccc4c(c3)OCO4)s2)cc1. The van der Waals surface area contributed by atoms with Gasteiger partial charge in [0.05, 0.1) is 11.6 Å². The number of benzene rings is 2. The summed E-state index contributed by atoms with van der Waals surface area (Å²) in [4.78, 5) is 12.2. The Kier molecular flexibility index (Phi) is 4.55. The molecule has 9 heteroatoms. The van der Waals surface area contributed by atoms with Crippen molar-refractivity contribution >= 4 is 27.5 Å². The van der Waals surface area contributed by atoms with Crippen molar-refractivity contribution in [3.63, 3.8) is 0 Å². The van der Waals surface area contributed by atoms with Crippen LogP contribution in [0, 0.1) is 11.3 Å². The molecule has 2 N–H and O–H groups in total. The maximum absolute atomic E-state index is 12.2. The van der Waals surface area contributed by atoms with Gasteiger partial charge in [0.1, 0.15) is 0 Å². The van der Waals surface area contributed by atoms with Crippen molar-refractivity contribution < 1.29 is 14.3 Å². The number of nitrogens with zero attached hydrogens (tertiary/aromatic N) is 3. The summed E-state index contributed by atoms with van der Waals surface area (Å²) in [6.45, 7) is 0.778. The first-order valence-electron chi connectivity index (χ1n) is 7.99. The number of hydrogen-bond acceptors (Lipinski definition) is 8. The molecule has 2 aromatic carbocycles. The van der Waals surface area contributed by atoms with Crippen LogP contribution in [0.1, 0.15) is 21.5 Å². The fraction of sp³-hybridized carbons (Fsp3) is 0.111. The number of fused-ring (bicyclic) bond motifs is 1. The number of carbonyl (C=O) groups excluding carboxylic acids is 1. The van der Waals surface area contributed by atoms with Gasteiger partial charge in [0.25, 0.3) is 5.91 Å². The van der Waals surface area contributed by atoms with Gasteiger partial charge in [0, 0.05) is 12.1 Å². The van der Waals surface area contributed by atoms with Crippen LogP contribution in [-0.2, 0) is 6.54 Å². The van der Waals surface area contributed by atoms with Gasteiger partial charge in [-0.05, 0) is 42.0 Å². The smallest absolute Gasteiger partial charge is 0.257 e. The Morgan fingerprint density at radius 2 is 1.89 bits per heavy atom. The number of hydrogen-bond donors (Lipinski definition) is 2. The fourth-order valence-electron chi connectivity index (χ4n) is 2.44. The van der Waals surface area contributed by atoms with Crippen molar-refractivity contribution in [1.82, 2.24) is 10.2 Å². The first-order chi connectivity index (χ1) is 13.2. The fourth-order valence-corrected chi connectivity index (χ4v) is 3.07. The highest BCUT2D eigenvalue weighted by atomic mass is 32.1. The highest BCUT2D eigenvalue weighted by Gasteiger charge is 2.14. The number of ether oxygens (including phenoxy) is 2. The van der Waals surface area contributed by atoms with Crippen molar-refractivity contribution in [1.29, 1.82) is 5.26 Å². The minimum Gasteiger partial charge on any atom is -0.454 e. The summed E-state index contributed by atoms with van der Waals surface area (Å²) in [5, 5.41) is 23.6. The topological polar surface area (TPSA) is 109 Å². The minimum absolute atomic E-state index is 0.241. The summed E-state index contributed by atoms with van der Waals surface area (Å²) >= 11 is 1.23. The van der Waals surface area contributed by atoms with E-state index in [1.165, 1.54) is 11.3 Å². The molecule has 0 saturated carbocycles. The third kappa shape index (κ3) is 3.80. The summed E-state index contributed by atoms with van der Waals surface area (Å²) in [5.41, 5.74) is 1.95. The molecule has 8 nitrogen and oxygen atoms in total. The average molecular weight is 379 g/mol. The van der Waals surface area contributed by atoms with Gasteiger partial charge in [-0.25, -0.2) is 0 Å². The van der Waals surface area contributed by atoms with Crippen LogP contribution in [-0.4, -0.2) is 22.9 Å². The lowest BCUT2D eigenvalue weighted by atomic mass is 10.1. The summed E-state index contributed by atoms with van der Waals surface area (Å²) in [6.07, 6.45) is 0. The summed E-state index contributed by atoms with van der Waals surface area (Å²) in [5.74, 6) is 1.15. The molecule has 0 spiro atoms. The van der Waals surface area contributed by atoms with Crippen LogP contribution in [0.2, 0.25) is 0 Å². The molecule has 1 aliphatic heterocycles. The van der Waals surface area contributed by atoms with E-state index >= 15 is 0 Å². The number of carbonyl (C=O) groups is 1. The standard InChI is InChI=1S/C18H13N5O3S/c19-8-11-1-4-13(5-2-11)16(24)21-18-23-22-17(27-18)20-9-12-3-6-14-15(7-12)26-10-25-14/h1-7H,9-10H2,(H,20,22)(H,21,23,24). The second-order valence-corrected chi connectivity index (χ2v) is 6.57. The molecular weight excluding hydrogens is 366 g/mol. The third-order valence-corrected chi connectivity index (χ3v) is 4.60. The predicted molar refractivity (Wildman–Crippen MR) is 98.9 cm³/mol. The molecule has 0 aliphatic carbocycles. The highest BCUT2D eigenvalue weighted by molar-refractivity contribution is 7.19. The van der Waals surface area contributed by atoms with E-state index in [1.54, 1.807) is 24.3 Å². The zero-order valence-corrected chi connectivity index (χ0v) is 14.7. The van der Waals surface area contributed by atoms with Gasteiger partial charge >= 0.3 is 0 Å². The average Bonchev–Trinajstić information content (AvgIpc) is 3.35. The van der Waals surface area contributed by atoms with Crippen molar-refractivity contribution in [2.24, 2.45) is 0 Å². The second kappa shape index (κ2) is 7.31. The van der Waals surface area contributed by atoms with Crippen LogP contribution in [0.3, 0.4) is 0 Å². The van der Waals surface area contributed by atoms with Gasteiger partial charge in [-0.2, -0.15) is 5.26 Å². The predicted octanol–water partition coefficient (Wildman–Crippen LogP) is 3.00. The molecule has 27 heavy (non-hydrogen) atoms. The zero-order chi connectivity index (χ0) is 18.6. The summed E-state index contributed by atoms with van der Waals surface area (Å²) in [7, 11) is 0. The first-order valence-corrected chi connectivity index (χ1v) is 8.80. The molecule has 4 rings (SSSR count). The monoisotopic (exact) mass is 379 g/mol. The Hall–Kier alpha value is -3.64. The van der Waals surface area contributed by atoms with Crippen LogP contribution >= 0.6 is 11.3 Å². The van der Waals surface area contributed by atoms with Gasteiger partial charge in [-0.3, -0.25) is 10.1 Å². The lowest BCUT2D eigenvalue weighted by molar-refractivity contribution is 0.102. The number of aromatic nitrogens is 2. The Labute approximate surface area is 158 Å². The van der Waals surface area contributed by atoms with E-state index in [9.17, 15) is 4.79 Å². The van der Waals surface area contributed by atoms with E-state index in [0.29, 0.717) is 27.9 Å². The molecule has 2 heterocycles. The van der Waals surface area contributed by atoms with Crippen LogP contribution in [0.5, 0.6) is 11.5 Å². The van der Waals surface area contributed by atoms with Crippen LogP contribution in [0.25, 0.3) is 0 Å². The molecule has 1 aliphatic rings. The van der Waals surface area contributed by atoms with Crippen LogP contribution in [0.15, 0.2) is 42.5 Å². The molecular formula is C18H13N5O3S. The van der Waals surface area contributed by atoms with Gasteiger partial charge in [0.2, 0.25) is 17.1 Å². The Morgan fingerprint density at radius 1 is 1.11 bits per heavy atom. The first kappa shape index (κ1) is 16.8. The van der Waals surface area contributed by atoms with Crippen molar-refractivity contribution in [2.75, 3.05) is 17.4 Å². The van der Waals surface area contributed by atoms with Gasteiger partial charge in [-0.1, -0.05) is 17.4 Å². The summed E-state index contributed by atoms with van der Waals surface area (Å²) in [6, 6.07) is 14.1. The Bertz CT molecular complexity index is 1030. The number of nitriles is 1. The molecule has 0 atom stereocenters. The van der Waals surface area contributed by atoms with Crippen molar-refractivity contribution in [3.05, 3.63) is 59.2 Å². The van der Waals surface area contributed by atoms with E-state index in [1.807, 2.05) is 24.3 Å². The molecule has 0 saturated heterocycles. The second-order valence-electron chi connectivity index (χ2n) is 5.60. The highest BCUT2D eigenvalue weighted by Crippen LogP contribution is 2.32. The lowest BCUT2D eigenvalue weighted by Crippen LogP contribution is -2.11. The minimum atomic E-state index is -0.307. The molecule has 0 radical (unpaired) electrons. The number of rotatable bonds is 5. The van der Waals surface area contributed by atoms with Crippen LogP contribution in [0.4, 0.5) is 10.3 Å². The van der Waals surface area contributed by atoms with Crippen molar-refractivity contribution in [3.8, 4) is 17.6 Å². The largest absolute Gasteiger partial charge is 0.454 e. The summed E-state index contributed by atoms with van der Waals surface area (Å²) < 4.78 is 10.6.